The summed E-state index contributed by atoms with van der Waals surface area (Å²) in [6.07, 6.45) is -4.47. The molecule has 0 spiro atoms. The van der Waals surface area contributed by atoms with Crippen molar-refractivity contribution in [2.45, 2.75) is 26.6 Å². The molecule has 0 fully saturated rings. The zero-order valence-electron chi connectivity index (χ0n) is 12.6. The molecule has 0 bridgehead atoms. The van der Waals surface area contributed by atoms with E-state index in [0.29, 0.717) is 31.3 Å². The standard InChI is InChI=1S/C15H22F3NO2/c1-11(2)9-19(6-7-21-3)13-5-4-12(10-20)14(8-13)15(16,17)18/h4-5,8,11,20H,6-7,9-10H2,1-3H3. The van der Waals surface area contributed by atoms with Crippen LogP contribution < -0.4 is 4.90 Å². The van der Waals surface area contributed by atoms with Crippen molar-refractivity contribution in [2.24, 2.45) is 5.92 Å². The predicted octanol–water partition coefficient (Wildman–Crippen LogP) is 3.31. The van der Waals surface area contributed by atoms with Crippen LogP contribution in [0.1, 0.15) is 25.0 Å². The molecule has 3 nitrogen and oxygen atoms in total. The minimum absolute atomic E-state index is 0.109. The van der Waals surface area contributed by atoms with Crippen LogP contribution >= 0.6 is 0 Å². The third-order valence-electron chi connectivity index (χ3n) is 3.09. The number of halogens is 3. The van der Waals surface area contributed by atoms with Gasteiger partial charge in [0.1, 0.15) is 0 Å². The van der Waals surface area contributed by atoms with E-state index in [1.165, 1.54) is 6.07 Å². The Morgan fingerprint density at radius 2 is 1.95 bits per heavy atom. The quantitative estimate of drug-likeness (QED) is 0.839. The monoisotopic (exact) mass is 305 g/mol. The average Bonchev–Trinajstić information content (AvgIpc) is 2.41. The van der Waals surface area contributed by atoms with Crippen LogP contribution in [0.5, 0.6) is 0 Å². The maximum atomic E-state index is 13.0. The topological polar surface area (TPSA) is 32.7 Å². The zero-order valence-corrected chi connectivity index (χ0v) is 12.6. The summed E-state index contributed by atoms with van der Waals surface area (Å²) in [5.41, 5.74) is -0.401. The SMILES string of the molecule is COCCN(CC(C)C)c1ccc(CO)c(C(F)(F)F)c1. The molecular weight excluding hydrogens is 283 g/mol. The van der Waals surface area contributed by atoms with Crippen LogP contribution in [-0.4, -0.2) is 31.9 Å². The number of benzene rings is 1. The van der Waals surface area contributed by atoms with E-state index < -0.39 is 18.3 Å². The molecule has 0 heterocycles. The number of rotatable bonds is 7. The highest BCUT2D eigenvalue weighted by molar-refractivity contribution is 5.52. The number of aliphatic hydroxyl groups is 1. The van der Waals surface area contributed by atoms with Crippen molar-refractivity contribution in [1.82, 2.24) is 0 Å². The second kappa shape index (κ2) is 7.66. The smallest absolute Gasteiger partial charge is 0.392 e. The molecule has 0 aliphatic rings. The highest BCUT2D eigenvalue weighted by Gasteiger charge is 2.33. The van der Waals surface area contributed by atoms with Gasteiger partial charge in [-0.25, -0.2) is 0 Å². The molecule has 0 saturated carbocycles. The van der Waals surface area contributed by atoms with Crippen molar-refractivity contribution in [3.05, 3.63) is 29.3 Å². The van der Waals surface area contributed by atoms with Crippen LogP contribution in [0, 0.1) is 5.92 Å². The van der Waals surface area contributed by atoms with Gasteiger partial charge in [-0.05, 0) is 23.6 Å². The molecule has 1 N–H and O–H groups in total. The molecule has 0 radical (unpaired) electrons. The lowest BCUT2D eigenvalue weighted by molar-refractivity contribution is -0.138. The molecule has 1 aromatic carbocycles. The molecule has 6 heteroatoms. The Bertz CT molecular complexity index is 447. The lowest BCUT2D eigenvalue weighted by atomic mass is 10.1. The Labute approximate surface area is 123 Å². The molecule has 0 aromatic heterocycles. The maximum Gasteiger partial charge on any atom is 0.416 e. The molecule has 1 aromatic rings. The summed E-state index contributed by atoms with van der Waals surface area (Å²) in [4.78, 5) is 1.87. The molecule has 0 saturated heterocycles. The third kappa shape index (κ3) is 5.21. The van der Waals surface area contributed by atoms with Gasteiger partial charge in [0.2, 0.25) is 0 Å². The molecule has 0 amide bonds. The van der Waals surface area contributed by atoms with Crippen LogP contribution in [0.15, 0.2) is 18.2 Å². The molecule has 0 aliphatic heterocycles. The second-order valence-electron chi connectivity index (χ2n) is 5.33. The van der Waals surface area contributed by atoms with Crippen molar-refractivity contribution < 1.29 is 23.0 Å². The van der Waals surface area contributed by atoms with Crippen LogP contribution in [0.3, 0.4) is 0 Å². The highest BCUT2D eigenvalue weighted by Crippen LogP contribution is 2.34. The van der Waals surface area contributed by atoms with Crippen molar-refractivity contribution in [3.8, 4) is 0 Å². The Morgan fingerprint density at radius 1 is 1.29 bits per heavy atom. The average molecular weight is 305 g/mol. The highest BCUT2D eigenvalue weighted by atomic mass is 19.4. The summed E-state index contributed by atoms with van der Waals surface area (Å²) in [7, 11) is 1.56. The van der Waals surface area contributed by atoms with E-state index in [2.05, 4.69) is 0 Å². The van der Waals surface area contributed by atoms with E-state index in [0.717, 1.165) is 6.07 Å². The van der Waals surface area contributed by atoms with Gasteiger partial charge >= 0.3 is 6.18 Å². The lowest BCUT2D eigenvalue weighted by Gasteiger charge is -2.27. The minimum Gasteiger partial charge on any atom is -0.392 e. The van der Waals surface area contributed by atoms with E-state index in [9.17, 15) is 13.2 Å². The molecule has 1 rings (SSSR count). The van der Waals surface area contributed by atoms with E-state index >= 15 is 0 Å². The molecule has 0 unspecified atom stereocenters. The summed E-state index contributed by atoms with van der Waals surface area (Å²) in [5, 5.41) is 9.06. The van der Waals surface area contributed by atoms with E-state index in [1.54, 1.807) is 13.2 Å². The second-order valence-corrected chi connectivity index (χ2v) is 5.33. The third-order valence-corrected chi connectivity index (χ3v) is 3.09. The Kier molecular flexibility index (Phi) is 6.48. The first kappa shape index (κ1) is 17.8. The summed E-state index contributed by atoms with van der Waals surface area (Å²) in [6.45, 7) is 4.98. The number of aliphatic hydroxyl groups excluding tert-OH is 1. The summed E-state index contributed by atoms with van der Waals surface area (Å²) < 4.78 is 44.1. The van der Waals surface area contributed by atoms with Gasteiger partial charge in [-0.15, -0.1) is 0 Å². The number of nitrogens with zero attached hydrogens (tertiary/aromatic N) is 1. The summed E-state index contributed by atoms with van der Waals surface area (Å²) in [6, 6.07) is 4.04. The van der Waals surface area contributed by atoms with E-state index in [4.69, 9.17) is 9.84 Å². The van der Waals surface area contributed by atoms with Gasteiger partial charge in [0.25, 0.3) is 0 Å². The number of alkyl halides is 3. The number of methoxy groups -OCH3 is 1. The Hall–Kier alpha value is -1.27. The van der Waals surface area contributed by atoms with Crippen molar-refractivity contribution in [2.75, 3.05) is 31.7 Å². The van der Waals surface area contributed by atoms with Crippen molar-refractivity contribution >= 4 is 5.69 Å². The number of hydrogen-bond donors (Lipinski definition) is 1. The van der Waals surface area contributed by atoms with E-state index in [-0.39, 0.29) is 5.56 Å². The first-order chi connectivity index (χ1) is 9.79. The van der Waals surface area contributed by atoms with E-state index in [1.807, 2.05) is 18.7 Å². The summed E-state index contributed by atoms with van der Waals surface area (Å²) >= 11 is 0. The zero-order chi connectivity index (χ0) is 16.0. The molecule has 120 valence electrons. The van der Waals surface area contributed by atoms with Gasteiger partial charge in [-0.3, -0.25) is 0 Å². The van der Waals surface area contributed by atoms with Gasteiger partial charge in [-0.2, -0.15) is 13.2 Å². The van der Waals surface area contributed by atoms with Crippen LogP contribution in [0.25, 0.3) is 0 Å². The van der Waals surface area contributed by atoms with Crippen molar-refractivity contribution in [1.29, 1.82) is 0 Å². The predicted molar refractivity (Wildman–Crippen MR) is 76.3 cm³/mol. The lowest BCUT2D eigenvalue weighted by Crippen LogP contribution is -2.31. The first-order valence-electron chi connectivity index (χ1n) is 6.84. The van der Waals surface area contributed by atoms with Crippen LogP contribution in [-0.2, 0) is 17.5 Å². The molecule has 0 aliphatic carbocycles. The van der Waals surface area contributed by atoms with Crippen molar-refractivity contribution in [3.63, 3.8) is 0 Å². The Morgan fingerprint density at radius 3 is 2.43 bits per heavy atom. The van der Waals surface area contributed by atoms with Crippen LogP contribution in [0.4, 0.5) is 18.9 Å². The molecular formula is C15H22F3NO2. The van der Waals surface area contributed by atoms with Gasteiger partial charge in [-0.1, -0.05) is 19.9 Å². The van der Waals surface area contributed by atoms with Crippen LogP contribution in [0.2, 0.25) is 0 Å². The fourth-order valence-corrected chi connectivity index (χ4v) is 2.13. The first-order valence-corrected chi connectivity index (χ1v) is 6.84. The van der Waals surface area contributed by atoms with Gasteiger partial charge in [0.05, 0.1) is 18.8 Å². The molecule has 0 atom stereocenters. The fraction of sp³-hybridized carbons (Fsp3) is 0.600. The number of ether oxygens (including phenoxy) is 1. The largest absolute Gasteiger partial charge is 0.416 e. The maximum absolute atomic E-state index is 13.0. The fourth-order valence-electron chi connectivity index (χ4n) is 2.13. The summed E-state index contributed by atoms with van der Waals surface area (Å²) in [5.74, 6) is 0.314. The molecule has 21 heavy (non-hydrogen) atoms. The Balaban J connectivity index is 3.13. The number of anilines is 1. The van der Waals surface area contributed by atoms with Gasteiger partial charge in [0.15, 0.2) is 0 Å². The number of hydrogen-bond acceptors (Lipinski definition) is 3. The minimum atomic E-state index is -4.47. The van der Waals surface area contributed by atoms with Gasteiger partial charge < -0.3 is 14.7 Å². The van der Waals surface area contributed by atoms with Gasteiger partial charge in [0, 0.05) is 25.9 Å². The normalized spacial score (nSPS) is 12.0.